The van der Waals surface area contributed by atoms with E-state index in [4.69, 9.17) is 0 Å². The van der Waals surface area contributed by atoms with Crippen LogP contribution in [0.3, 0.4) is 0 Å². The molecule has 0 bridgehead atoms. The van der Waals surface area contributed by atoms with Crippen molar-refractivity contribution in [1.82, 2.24) is 0 Å². The van der Waals surface area contributed by atoms with E-state index in [2.05, 4.69) is 6.92 Å². The second kappa shape index (κ2) is 7.46. The van der Waals surface area contributed by atoms with Gasteiger partial charge in [-0.25, -0.2) is 0 Å². The molecule has 0 atom stereocenters. The Labute approximate surface area is 104 Å². The quantitative estimate of drug-likeness (QED) is 0.681. The normalized spacial score (nSPS) is 11.7. The fourth-order valence-electron chi connectivity index (χ4n) is 2.22. The number of hydrogen-bond acceptors (Lipinski definition) is 2. The summed E-state index contributed by atoms with van der Waals surface area (Å²) in [5.41, 5.74) is 0.580. The van der Waals surface area contributed by atoms with Crippen LogP contribution in [0.15, 0.2) is 30.3 Å². The molecule has 2 heteroatoms. The van der Waals surface area contributed by atoms with Crippen LogP contribution in [0.4, 0.5) is 0 Å². The van der Waals surface area contributed by atoms with Crippen LogP contribution in [0.25, 0.3) is 0 Å². The molecule has 0 aliphatic heterocycles. The van der Waals surface area contributed by atoms with Crippen molar-refractivity contribution in [2.45, 2.75) is 44.4 Å². The molecule has 2 nitrogen and oxygen atoms in total. The molecule has 1 aromatic rings. The largest absolute Gasteiger partial charge is 0.395 e. The molecule has 1 rings (SSSR count). The minimum atomic E-state index is -0.463. The van der Waals surface area contributed by atoms with Gasteiger partial charge in [0, 0.05) is 5.41 Å². The van der Waals surface area contributed by atoms with Crippen LogP contribution in [0.1, 0.15) is 44.6 Å². The molecule has 0 saturated heterocycles. The second-order valence-electron chi connectivity index (χ2n) is 4.77. The fourth-order valence-corrected chi connectivity index (χ4v) is 2.22. The van der Waals surface area contributed by atoms with Gasteiger partial charge in [-0.1, -0.05) is 62.9 Å². The summed E-state index contributed by atoms with van der Waals surface area (Å²) < 4.78 is 0. The van der Waals surface area contributed by atoms with Crippen molar-refractivity contribution in [2.24, 2.45) is 0 Å². The Morgan fingerprint density at radius 1 is 0.941 bits per heavy atom. The minimum Gasteiger partial charge on any atom is -0.395 e. The monoisotopic (exact) mass is 236 g/mol. The van der Waals surface area contributed by atoms with Crippen LogP contribution in [0.2, 0.25) is 0 Å². The summed E-state index contributed by atoms with van der Waals surface area (Å²) in [6.45, 7) is 2.21. The third-order valence-electron chi connectivity index (χ3n) is 3.50. The molecule has 0 radical (unpaired) electrons. The summed E-state index contributed by atoms with van der Waals surface area (Å²) >= 11 is 0. The summed E-state index contributed by atoms with van der Waals surface area (Å²) in [7, 11) is 0. The Kier molecular flexibility index (Phi) is 6.23. The summed E-state index contributed by atoms with van der Waals surface area (Å²) in [6.07, 6.45) is 5.51. The molecule has 0 fully saturated rings. The first kappa shape index (κ1) is 14.2. The van der Waals surface area contributed by atoms with Gasteiger partial charge in [-0.05, 0) is 12.0 Å². The van der Waals surface area contributed by atoms with E-state index in [-0.39, 0.29) is 13.2 Å². The molecule has 0 aliphatic rings. The van der Waals surface area contributed by atoms with Gasteiger partial charge < -0.3 is 10.2 Å². The Bertz CT molecular complexity index is 291. The summed E-state index contributed by atoms with van der Waals surface area (Å²) in [6, 6.07) is 9.86. The van der Waals surface area contributed by atoms with E-state index < -0.39 is 5.41 Å². The third-order valence-corrected chi connectivity index (χ3v) is 3.50. The van der Waals surface area contributed by atoms with Gasteiger partial charge >= 0.3 is 0 Å². The Hall–Kier alpha value is -0.860. The molecule has 0 amide bonds. The maximum Gasteiger partial charge on any atom is 0.0550 e. The maximum atomic E-state index is 9.63. The molecule has 0 aliphatic carbocycles. The molecule has 0 heterocycles. The average molecular weight is 236 g/mol. The minimum absolute atomic E-state index is 0.0135. The van der Waals surface area contributed by atoms with E-state index in [1.165, 1.54) is 19.3 Å². The van der Waals surface area contributed by atoms with Gasteiger partial charge in [-0.3, -0.25) is 0 Å². The van der Waals surface area contributed by atoms with Gasteiger partial charge in [-0.2, -0.15) is 0 Å². The Morgan fingerprint density at radius 2 is 1.59 bits per heavy atom. The molecule has 17 heavy (non-hydrogen) atoms. The average Bonchev–Trinajstić information content (AvgIpc) is 2.41. The van der Waals surface area contributed by atoms with Crippen LogP contribution in [0, 0.1) is 0 Å². The molecule has 0 spiro atoms. The van der Waals surface area contributed by atoms with E-state index in [0.717, 1.165) is 18.4 Å². The summed E-state index contributed by atoms with van der Waals surface area (Å²) in [5.74, 6) is 0. The predicted molar refractivity (Wildman–Crippen MR) is 71.1 cm³/mol. The smallest absolute Gasteiger partial charge is 0.0550 e. The highest BCUT2D eigenvalue weighted by molar-refractivity contribution is 5.25. The van der Waals surface area contributed by atoms with Crippen molar-refractivity contribution in [1.29, 1.82) is 0 Å². The number of benzene rings is 1. The summed E-state index contributed by atoms with van der Waals surface area (Å²) in [4.78, 5) is 0. The molecule has 2 N–H and O–H groups in total. The van der Waals surface area contributed by atoms with Gasteiger partial charge in [0.15, 0.2) is 0 Å². The van der Waals surface area contributed by atoms with Crippen molar-refractivity contribution in [3.63, 3.8) is 0 Å². The van der Waals surface area contributed by atoms with Crippen LogP contribution >= 0.6 is 0 Å². The van der Waals surface area contributed by atoms with E-state index in [0.29, 0.717) is 0 Å². The van der Waals surface area contributed by atoms with Crippen molar-refractivity contribution in [3.05, 3.63) is 35.9 Å². The van der Waals surface area contributed by atoms with Crippen LogP contribution < -0.4 is 0 Å². The first-order valence-corrected chi connectivity index (χ1v) is 6.56. The highest BCUT2D eigenvalue weighted by Gasteiger charge is 2.30. The predicted octanol–water partition coefficient (Wildman–Crippen LogP) is 2.88. The lowest BCUT2D eigenvalue weighted by molar-refractivity contribution is 0.107. The molecular formula is C15H24O2. The molecule has 0 aromatic heterocycles. The standard InChI is InChI=1S/C15H24O2/c1-2-3-4-8-11-15(12-16,13-17)14-9-6-5-7-10-14/h5-7,9-10,16-17H,2-4,8,11-13H2,1H3. The lowest BCUT2D eigenvalue weighted by Gasteiger charge is -2.30. The topological polar surface area (TPSA) is 40.5 Å². The van der Waals surface area contributed by atoms with Gasteiger partial charge in [0.05, 0.1) is 13.2 Å². The van der Waals surface area contributed by atoms with Gasteiger partial charge in [-0.15, -0.1) is 0 Å². The van der Waals surface area contributed by atoms with Crippen molar-refractivity contribution in [3.8, 4) is 0 Å². The first-order valence-electron chi connectivity index (χ1n) is 6.56. The van der Waals surface area contributed by atoms with Gasteiger partial charge in [0.1, 0.15) is 0 Å². The van der Waals surface area contributed by atoms with Crippen molar-refractivity contribution >= 4 is 0 Å². The molecule has 1 aromatic carbocycles. The number of unbranched alkanes of at least 4 members (excludes halogenated alkanes) is 3. The maximum absolute atomic E-state index is 9.63. The van der Waals surface area contributed by atoms with Crippen molar-refractivity contribution in [2.75, 3.05) is 13.2 Å². The lowest BCUT2D eigenvalue weighted by Crippen LogP contribution is -2.34. The summed E-state index contributed by atoms with van der Waals surface area (Å²) in [5, 5.41) is 19.3. The molecule has 96 valence electrons. The van der Waals surface area contributed by atoms with E-state index in [9.17, 15) is 10.2 Å². The highest BCUT2D eigenvalue weighted by Crippen LogP contribution is 2.29. The van der Waals surface area contributed by atoms with E-state index >= 15 is 0 Å². The number of aliphatic hydroxyl groups is 2. The lowest BCUT2D eigenvalue weighted by atomic mass is 9.77. The first-order chi connectivity index (χ1) is 8.29. The second-order valence-corrected chi connectivity index (χ2v) is 4.77. The van der Waals surface area contributed by atoms with E-state index in [1.807, 2.05) is 30.3 Å². The third kappa shape index (κ3) is 3.83. The zero-order valence-corrected chi connectivity index (χ0v) is 10.7. The zero-order chi connectivity index (χ0) is 12.6. The Morgan fingerprint density at radius 3 is 2.12 bits per heavy atom. The SMILES string of the molecule is CCCCCCC(CO)(CO)c1ccccc1. The number of hydrogen-bond donors (Lipinski definition) is 2. The molecule has 0 unspecified atom stereocenters. The fraction of sp³-hybridized carbons (Fsp3) is 0.600. The van der Waals surface area contributed by atoms with E-state index in [1.54, 1.807) is 0 Å². The highest BCUT2D eigenvalue weighted by atomic mass is 16.3. The van der Waals surface area contributed by atoms with Crippen LogP contribution in [-0.4, -0.2) is 23.4 Å². The molecular weight excluding hydrogens is 212 g/mol. The zero-order valence-electron chi connectivity index (χ0n) is 10.7. The van der Waals surface area contributed by atoms with Crippen LogP contribution in [0.5, 0.6) is 0 Å². The van der Waals surface area contributed by atoms with Gasteiger partial charge in [0.25, 0.3) is 0 Å². The van der Waals surface area contributed by atoms with Crippen molar-refractivity contribution < 1.29 is 10.2 Å². The number of rotatable bonds is 8. The number of aliphatic hydroxyl groups excluding tert-OH is 2. The Balaban J connectivity index is 2.68. The van der Waals surface area contributed by atoms with Gasteiger partial charge in [0.2, 0.25) is 0 Å². The van der Waals surface area contributed by atoms with Crippen LogP contribution in [-0.2, 0) is 5.41 Å². The molecule has 0 saturated carbocycles.